The second kappa shape index (κ2) is 6.23. The molecule has 1 aliphatic rings. The van der Waals surface area contributed by atoms with Crippen molar-refractivity contribution in [2.45, 2.75) is 0 Å². The van der Waals surface area contributed by atoms with Crippen LogP contribution in [0.3, 0.4) is 0 Å². The van der Waals surface area contributed by atoms with Crippen LogP contribution in [0.15, 0.2) is 84.9 Å². The Labute approximate surface area is 169 Å². The van der Waals surface area contributed by atoms with Crippen LogP contribution in [0.2, 0.25) is 0 Å². The number of rotatable bonds is 2. The molecular formula is C24H14F5P. The molecule has 1 aliphatic heterocycles. The maximum atomic E-state index is 18.3. The van der Waals surface area contributed by atoms with Gasteiger partial charge in [0, 0.05) is 0 Å². The Morgan fingerprint density at radius 3 is 1.53 bits per heavy atom. The van der Waals surface area contributed by atoms with Gasteiger partial charge in [-0.15, -0.1) is 0 Å². The van der Waals surface area contributed by atoms with Crippen molar-refractivity contribution in [1.29, 1.82) is 0 Å². The molecule has 0 unspecified atom stereocenters. The summed E-state index contributed by atoms with van der Waals surface area (Å²) in [7, 11) is 0. The summed E-state index contributed by atoms with van der Waals surface area (Å²) in [4.78, 5) is 0. The summed E-state index contributed by atoms with van der Waals surface area (Å²) >= 11 is 0. The molecular weight excluding hydrogens is 414 g/mol. The first-order valence-corrected chi connectivity index (χ1v) is 11.3. The topological polar surface area (TPSA) is 0 Å². The molecule has 1 heterocycles. The van der Waals surface area contributed by atoms with E-state index in [1.807, 2.05) is 0 Å². The molecule has 5 rings (SSSR count). The molecule has 0 amide bonds. The van der Waals surface area contributed by atoms with Crippen LogP contribution in [-0.4, -0.2) is 0 Å². The summed E-state index contributed by atoms with van der Waals surface area (Å²) in [5.41, 5.74) is -0.537. The minimum atomic E-state index is -5.40. The number of hydrogen-bond acceptors (Lipinski definition) is 0. The second-order valence-corrected chi connectivity index (χ2v) is 11.2. The van der Waals surface area contributed by atoms with Gasteiger partial charge in [-0.1, -0.05) is 0 Å². The Bertz CT molecular complexity index is 1260. The van der Waals surface area contributed by atoms with Crippen molar-refractivity contribution in [2.75, 3.05) is 0 Å². The normalized spacial score (nSPS) is 16.9. The van der Waals surface area contributed by atoms with Crippen LogP contribution in [0.5, 0.6) is 0 Å². The van der Waals surface area contributed by atoms with E-state index in [1.165, 1.54) is 42.5 Å². The van der Waals surface area contributed by atoms with Gasteiger partial charge in [0.15, 0.2) is 0 Å². The van der Waals surface area contributed by atoms with E-state index in [9.17, 15) is 8.78 Å². The van der Waals surface area contributed by atoms with Crippen LogP contribution in [-0.2, 0) is 0 Å². The summed E-state index contributed by atoms with van der Waals surface area (Å²) in [6, 6.07) is 21.5. The summed E-state index contributed by atoms with van der Waals surface area (Å²) in [6.07, 6.45) is 0. The summed E-state index contributed by atoms with van der Waals surface area (Å²) in [5.74, 6) is -7.26. The van der Waals surface area contributed by atoms with Gasteiger partial charge in [0.25, 0.3) is 0 Å². The van der Waals surface area contributed by atoms with Crippen molar-refractivity contribution < 1.29 is 21.8 Å². The monoisotopic (exact) mass is 428 g/mol. The van der Waals surface area contributed by atoms with Gasteiger partial charge in [-0.3, -0.25) is 0 Å². The first kappa shape index (κ1) is 19.0. The molecule has 6 heteroatoms. The number of fused-ring (bicyclic) bond motifs is 3. The van der Waals surface area contributed by atoms with Crippen LogP contribution in [0, 0.1) is 23.3 Å². The molecule has 30 heavy (non-hydrogen) atoms. The molecule has 0 radical (unpaired) electrons. The average molecular weight is 428 g/mol. The molecule has 0 fully saturated rings. The predicted octanol–water partition coefficient (Wildman–Crippen LogP) is 5.26. The van der Waals surface area contributed by atoms with Gasteiger partial charge in [0.2, 0.25) is 0 Å². The fourth-order valence-corrected chi connectivity index (χ4v) is 9.72. The molecule has 0 nitrogen and oxygen atoms in total. The molecule has 4 aromatic carbocycles. The molecule has 0 spiro atoms. The Kier molecular flexibility index (Phi) is 3.93. The van der Waals surface area contributed by atoms with Crippen molar-refractivity contribution >= 4 is 28.1 Å². The van der Waals surface area contributed by atoms with Gasteiger partial charge in [0.1, 0.15) is 0 Å². The van der Waals surface area contributed by atoms with E-state index in [2.05, 4.69) is 0 Å². The standard InChI is InChI=1S/C24H14F5P/c25-20-19-17-13-7-8-14-18(17)30(29,15-9-3-1-4-10-15,16-11-5-2-6-12-16)24(19)23(28)22(27)21(20)26/h1-14H. The van der Waals surface area contributed by atoms with Crippen molar-refractivity contribution in [3.8, 4) is 11.1 Å². The number of hydrogen-bond donors (Lipinski definition) is 0. The summed E-state index contributed by atoms with van der Waals surface area (Å²) in [5, 5.41) is -0.551. The SMILES string of the molecule is Fc1c(F)c(F)c2c(c1F)-c1ccccc1P2(F)(c1ccccc1)c1ccccc1. The quantitative estimate of drug-likeness (QED) is 0.177. The zero-order chi connectivity index (χ0) is 21.1. The van der Waals surface area contributed by atoms with Crippen LogP contribution in [0.25, 0.3) is 11.1 Å². The van der Waals surface area contributed by atoms with E-state index in [0.717, 1.165) is 0 Å². The van der Waals surface area contributed by atoms with Crippen molar-refractivity contribution in [3.05, 3.63) is 108 Å². The Morgan fingerprint density at radius 1 is 0.500 bits per heavy atom. The zero-order valence-corrected chi connectivity index (χ0v) is 16.3. The molecule has 150 valence electrons. The van der Waals surface area contributed by atoms with Crippen LogP contribution < -0.4 is 21.2 Å². The predicted molar refractivity (Wildman–Crippen MR) is 111 cm³/mol. The third kappa shape index (κ3) is 2.03. The Hall–Kier alpha value is -3.04. The molecule has 0 aromatic heterocycles. The Morgan fingerprint density at radius 2 is 0.967 bits per heavy atom. The van der Waals surface area contributed by atoms with E-state index < -0.39 is 41.1 Å². The average Bonchev–Trinajstić information content (AvgIpc) is 3.06. The van der Waals surface area contributed by atoms with Crippen LogP contribution >= 0.6 is 6.91 Å². The summed E-state index contributed by atoms with van der Waals surface area (Å²) in [6.45, 7) is -5.40. The fraction of sp³-hybridized carbons (Fsp3) is 0. The maximum absolute atomic E-state index is 18.3. The van der Waals surface area contributed by atoms with Gasteiger partial charge in [-0.05, 0) is 0 Å². The first-order chi connectivity index (χ1) is 14.4. The minimum absolute atomic E-state index is 0.0238. The molecule has 4 aromatic rings. The van der Waals surface area contributed by atoms with E-state index in [-0.39, 0.29) is 21.5 Å². The van der Waals surface area contributed by atoms with Crippen molar-refractivity contribution in [1.82, 2.24) is 0 Å². The van der Waals surface area contributed by atoms with E-state index in [1.54, 1.807) is 42.5 Å². The van der Waals surface area contributed by atoms with Gasteiger partial charge >= 0.3 is 169 Å². The van der Waals surface area contributed by atoms with Gasteiger partial charge in [-0.2, -0.15) is 0 Å². The van der Waals surface area contributed by atoms with Crippen molar-refractivity contribution in [2.24, 2.45) is 0 Å². The van der Waals surface area contributed by atoms with Gasteiger partial charge < -0.3 is 0 Å². The molecule has 0 atom stereocenters. The fourth-order valence-electron chi connectivity index (χ4n) is 4.53. The van der Waals surface area contributed by atoms with Gasteiger partial charge in [0.05, 0.1) is 0 Å². The third-order valence-corrected chi connectivity index (χ3v) is 10.9. The van der Waals surface area contributed by atoms with Crippen molar-refractivity contribution in [3.63, 3.8) is 0 Å². The zero-order valence-electron chi connectivity index (χ0n) is 15.4. The molecule has 0 saturated carbocycles. The van der Waals surface area contributed by atoms with E-state index in [4.69, 9.17) is 0 Å². The second-order valence-electron chi connectivity index (χ2n) is 7.18. The van der Waals surface area contributed by atoms with E-state index >= 15 is 13.0 Å². The molecule has 0 aliphatic carbocycles. The van der Waals surface area contributed by atoms with Gasteiger partial charge in [-0.25, -0.2) is 0 Å². The molecule has 0 N–H and O–H groups in total. The molecule has 0 bridgehead atoms. The van der Waals surface area contributed by atoms with Crippen LogP contribution in [0.4, 0.5) is 21.8 Å². The van der Waals surface area contributed by atoms with E-state index in [0.29, 0.717) is 0 Å². The van der Waals surface area contributed by atoms with Crippen LogP contribution in [0.1, 0.15) is 0 Å². The number of halogens is 5. The third-order valence-electron chi connectivity index (χ3n) is 5.77. The summed E-state index contributed by atoms with van der Waals surface area (Å²) < 4.78 is 77.5. The Balaban J connectivity index is 2.14. The first-order valence-electron chi connectivity index (χ1n) is 9.22. The molecule has 0 saturated heterocycles. The number of benzene rings is 4.